The molecule has 6 heteroatoms. The van der Waals surface area contributed by atoms with Crippen molar-refractivity contribution in [2.45, 2.75) is 19.8 Å². The third-order valence-electron chi connectivity index (χ3n) is 1.46. The zero-order valence-corrected chi connectivity index (χ0v) is 7.78. The number of ether oxygens (including phenoxy) is 1. The molecule has 0 saturated heterocycles. The van der Waals surface area contributed by atoms with Gasteiger partial charge in [0.2, 0.25) is 0 Å². The number of aromatic amines is 1. The molecule has 0 amide bonds. The lowest BCUT2D eigenvalue weighted by atomic mass is 10.3. The lowest BCUT2D eigenvalue weighted by Crippen LogP contribution is -2.06. The topological polar surface area (TPSA) is 91.7 Å². The van der Waals surface area contributed by atoms with E-state index in [1.54, 1.807) is 6.92 Å². The fraction of sp³-hybridized carbons (Fsp3) is 0.500. The van der Waals surface area contributed by atoms with Gasteiger partial charge in [0.25, 0.3) is 5.82 Å². The Hall–Kier alpha value is -1.90. The van der Waals surface area contributed by atoms with E-state index < -0.39 is 5.97 Å². The van der Waals surface area contributed by atoms with Crippen molar-refractivity contribution >= 4 is 5.97 Å². The molecule has 1 heterocycles. The van der Waals surface area contributed by atoms with Crippen LogP contribution in [0.3, 0.4) is 0 Å². The van der Waals surface area contributed by atoms with Crippen LogP contribution in [0.25, 0.3) is 0 Å². The Morgan fingerprint density at radius 1 is 1.71 bits per heavy atom. The summed E-state index contributed by atoms with van der Waals surface area (Å²) in [5.41, 5.74) is 0. The number of H-pyrrole nitrogens is 1. The largest absolute Gasteiger partial charge is 0.460 e. The molecule has 1 aromatic rings. The van der Waals surface area contributed by atoms with Crippen molar-refractivity contribution in [2.24, 2.45) is 0 Å². The number of nitrogens with zero attached hydrogens (tertiary/aromatic N) is 3. The summed E-state index contributed by atoms with van der Waals surface area (Å²) in [5, 5.41) is 14.6. The molecule has 74 valence electrons. The first-order valence-corrected chi connectivity index (χ1v) is 4.23. The van der Waals surface area contributed by atoms with E-state index in [4.69, 9.17) is 10.00 Å². The smallest absolute Gasteiger partial charge is 0.378 e. The van der Waals surface area contributed by atoms with Crippen molar-refractivity contribution < 1.29 is 9.53 Å². The number of esters is 1. The SMILES string of the molecule is CCOC(=O)c1n[nH]c(CCC#N)n1. The fourth-order valence-corrected chi connectivity index (χ4v) is 0.868. The Balaban J connectivity index is 2.59. The van der Waals surface area contributed by atoms with Gasteiger partial charge < -0.3 is 4.74 Å². The number of rotatable bonds is 4. The minimum atomic E-state index is -0.549. The maximum Gasteiger partial charge on any atom is 0.378 e. The maximum atomic E-state index is 11.1. The highest BCUT2D eigenvalue weighted by Crippen LogP contribution is 1.98. The monoisotopic (exact) mass is 194 g/mol. The first-order valence-electron chi connectivity index (χ1n) is 4.23. The molecule has 0 atom stereocenters. The molecule has 1 N–H and O–H groups in total. The number of aryl methyl sites for hydroxylation is 1. The zero-order valence-electron chi connectivity index (χ0n) is 7.78. The van der Waals surface area contributed by atoms with Crippen LogP contribution < -0.4 is 0 Å². The highest BCUT2D eigenvalue weighted by Gasteiger charge is 2.12. The maximum absolute atomic E-state index is 11.1. The van der Waals surface area contributed by atoms with Crippen LogP contribution in [0.2, 0.25) is 0 Å². The molecule has 0 bridgehead atoms. The predicted octanol–water partition coefficient (Wildman–Crippen LogP) is 0.438. The highest BCUT2D eigenvalue weighted by molar-refractivity contribution is 5.84. The van der Waals surface area contributed by atoms with Gasteiger partial charge in [-0.3, -0.25) is 5.10 Å². The Bertz CT molecular complexity index is 352. The molecule has 1 rings (SSSR count). The van der Waals surface area contributed by atoms with E-state index in [0.717, 1.165) is 0 Å². The molecule has 0 spiro atoms. The number of hydrogen-bond donors (Lipinski definition) is 1. The first kappa shape index (κ1) is 10.2. The van der Waals surface area contributed by atoms with Gasteiger partial charge in [0.05, 0.1) is 12.7 Å². The second kappa shape index (κ2) is 4.97. The lowest BCUT2D eigenvalue weighted by Gasteiger charge is -1.94. The van der Waals surface area contributed by atoms with Crippen LogP contribution in [0.4, 0.5) is 0 Å². The van der Waals surface area contributed by atoms with Gasteiger partial charge in [0.15, 0.2) is 0 Å². The van der Waals surface area contributed by atoms with E-state index in [9.17, 15) is 4.79 Å². The highest BCUT2D eigenvalue weighted by atomic mass is 16.5. The molecular weight excluding hydrogens is 184 g/mol. The van der Waals surface area contributed by atoms with Crippen molar-refractivity contribution in [2.75, 3.05) is 6.61 Å². The van der Waals surface area contributed by atoms with Gasteiger partial charge in [0, 0.05) is 12.8 Å². The summed E-state index contributed by atoms with van der Waals surface area (Å²) in [6, 6.07) is 1.98. The van der Waals surface area contributed by atoms with Crippen molar-refractivity contribution in [1.82, 2.24) is 15.2 Å². The van der Waals surface area contributed by atoms with Crippen LogP contribution in [-0.4, -0.2) is 27.8 Å². The summed E-state index contributed by atoms with van der Waals surface area (Å²) in [4.78, 5) is 15.0. The molecule has 0 aliphatic rings. The Labute approximate surface area is 80.9 Å². The van der Waals surface area contributed by atoms with Crippen LogP contribution in [0.5, 0.6) is 0 Å². The molecule has 0 aromatic carbocycles. The minimum Gasteiger partial charge on any atom is -0.460 e. The summed E-state index contributed by atoms with van der Waals surface area (Å²) in [5.74, 6) is -0.0126. The molecule has 0 fully saturated rings. The molecule has 14 heavy (non-hydrogen) atoms. The number of nitriles is 1. The van der Waals surface area contributed by atoms with Crippen LogP contribution in [0.15, 0.2) is 0 Å². The zero-order chi connectivity index (χ0) is 10.4. The average Bonchev–Trinajstić information content (AvgIpc) is 2.63. The first-order chi connectivity index (χ1) is 6.77. The third-order valence-corrected chi connectivity index (χ3v) is 1.46. The summed E-state index contributed by atoms with van der Waals surface area (Å²) in [6.45, 7) is 2.00. The number of carbonyl (C=O) groups excluding carboxylic acids is 1. The Morgan fingerprint density at radius 3 is 3.14 bits per heavy atom. The molecule has 0 aliphatic carbocycles. The van der Waals surface area contributed by atoms with Gasteiger partial charge in [-0.05, 0) is 6.92 Å². The normalized spacial score (nSPS) is 9.43. The minimum absolute atomic E-state index is 0.0137. The molecule has 6 nitrogen and oxygen atoms in total. The molecule has 0 aliphatic heterocycles. The van der Waals surface area contributed by atoms with E-state index in [-0.39, 0.29) is 5.82 Å². The lowest BCUT2D eigenvalue weighted by molar-refractivity contribution is 0.0512. The molecule has 1 aromatic heterocycles. The van der Waals surface area contributed by atoms with E-state index in [0.29, 0.717) is 25.3 Å². The molecular formula is C8H10N4O2. The predicted molar refractivity (Wildman–Crippen MR) is 46.3 cm³/mol. The Morgan fingerprint density at radius 2 is 2.50 bits per heavy atom. The summed E-state index contributed by atoms with van der Waals surface area (Å²) >= 11 is 0. The number of nitrogens with one attached hydrogen (secondary N) is 1. The van der Waals surface area contributed by atoms with Crippen molar-refractivity contribution in [3.63, 3.8) is 0 Å². The van der Waals surface area contributed by atoms with E-state index in [2.05, 4.69) is 15.2 Å². The van der Waals surface area contributed by atoms with E-state index in [1.807, 2.05) is 6.07 Å². The van der Waals surface area contributed by atoms with Crippen LogP contribution >= 0.6 is 0 Å². The van der Waals surface area contributed by atoms with Gasteiger partial charge in [-0.15, -0.1) is 5.10 Å². The fourth-order valence-electron chi connectivity index (χ4n) is 0.868. The van der Waals surface area contributed by atoms with Crippen LogP contribution in [0.1, 0.15) is 29.8 Å². The van der Waals surface area contributed by atoms with Crippen molar-refractivity contribution in [3.05, 3.63) is 11.6 Å². The molecule has 0 radical (unpaired) electrons. The van der Waals surface area contributed by atoms with Gasteiger partial charge in [-0.2, -0.15) is 5.26 Å². The van der Waals surface area contributed by atoms with Crippen LogP contribution in [0, 0.1) is 11.3 Å². The van der Waals surface area contributed by atoms with E-state index >= 15 is 0 Å². The number of carbonyl (C=O) groups is 1. The Kier molecular flexibility index (Phi) is 3.61. The summed E-state index contributed by atoms with van der Waals surface area (Å²) in [7, 11) is 0. The molecule has 0 unspecified atom stereocenters. The van der Waals surface area contributed by atoms with E-state index in [1.165, 1.54) is 0 Å². The molecule has 0 saturated carbocycles. The average molecular weight is 194 g/mol. The standard InChI is InChI=1S/C8H10N4O2/c1-2-14-8(13)7-10-6(11-12-7)4-3-5-9/h2-4H2,1H3,(H,10,11,12). The third kappa shape index (κ3) is 2.55. The summed E-state index contributed by atoms with van der Waals surface area (Å²) < 4.78 is 4.70. The summed E-state index contributed by atoms with van der Waals surface area (Å²) in [6.07, 6.45) is 0.806. The van der Waals surface area contributed by atoms with Gasteiger partial charge in [-0.25, -0.2) is 9.78 Å². The number of aromatic nitrogens is 3. The number of hydrogen-bond acceptors (Lipinski definition) is 5. The van der Waals surface area contributed by atoms with Crippen LogP contribution in [-0.2, 0) is 11.2 Å². The van der Waals surface area contributed by atoms with Crippen molar-refractivity contribution in [1.29, 1.82) is 5.26 Å². The van der Waals surface area contributed by atoms with Crippen molar-refractivity contribution in [3.8, 4) is 6.07 Å². The second-order valence-corrected chi connectivity index (χ2v) is 2.48. The quantitative estimate of drug-likeness (QED) is 0.702. The van der Waals surface area contributed by atoms with Gasteiger partial charge in [0.1, 0.15) is 5.82 Å². The van der Waals surface area contributed by atoms with Gasteiger partial charge >= 0.3 is 5.97 Å². The second-order valence-electron chi connectivity index (χ2n) is 2.48. The van der Waals surface area contributed by atoms with Gasteiger partial charge in [-0.1, -0.05) is 0 Å².